The van der Waals surface area contributed by atoms with E-state index in [1.54, 1.807) is 0 Å². The second-order valence-electron chi connectivity index (χ2n) is 21.8. The van der Waals surface area contributed by atoms with E-state index in [0.29, 0.717) is 17.6 Å². The molecule has 0 N–H and O–H groups in total. The van der Waals surface area contributed by atoms with E-state index in [1.165, 1.54) is 5.56 Å². The number of rotatable bonds is 7. The lowest BCUT2D eigenvalue weighted by molar-refractivity contribution is 0.669. The van der Waals surface area contributed by atoms with Gasteiger partial charge in [0.05, 0.1) is 28.1 Å². The predicted molar refractivity (Wildman–Crippen MR) is 338 cm³/mol. The van der Waals surface area contributed by atoms with Gasteiger partial charge >= 0.3 is 0 Å². The summed E-state index contributed by atoms with van der Waals surface area (Å²) in [5.74, 6) is 1.82. The average Bonchev–Trinajstić information content (AvgIpc) is 3.34. The topological polar surface area (TPSA) is 78.0 Å². The largest absolute Gasteiger partial charge is 0.455 e. The Balaban J connectivity index is 0.896. The first-order valence-electron chi connectivity index (χ1n) is 28.2. The molecule has 0 fully saturated rings. The number of hydrogen-bond donors (Lipinski definition) is 0. The van der Waals surface area contributed by atoms with Crippen LogP contribution in [0.2, 0.25) is 0 Å². The molecular formula is C75H46N6O2. The van der Waals surface area contributed by atoms with Crippen LogP contribution in [0.1, 0.15) is 11.5 Å². The lowest BCUT2D eigenvalue weighted by Gasteiger charge is -2.29. The Labute approximate surface area is 475 Å². The highest BCUT2D eigenvalue weighted by Crippen LogP contribution is 2.52. The third-order valence-corrected chi connectivity index (χ3v) is 17.3. The molecule has 18 rings (SSSR count). The summed E-state index contributed by atoms with van der Waals surface area (Å²) >= 11 is 0. The number of para-hydroxylation sites is 5. The molecule has 16 aromatic rings. The molecule has 2 atom stereocenters. The van der Waals surface area contributed by atoms with Gasteiger partial charge in [-0.3, -0.25) is 4.57 Å². The van der Waals surface area contributed by atoms with E-state index >= 15 is 0 Å². The van der Waals surface area contributed by atoms with Gasteiger partial charge in [-0.05, 0) is 83.4 Å². The second kappa shape index (κ2) is 17.7. The molecule has 1 aliphatic carbocycles. The molecule has 2 aliphatic rings. The van der Waals surface area contributed by atoms with Crippen LogP contribution in [-0.4, -0.2) is 30.1 Å². The van der Waals surface area contributed by atoms with Gasteiger partial charge in [0.1, 0.15) is 22.3 Å². The van der Waals surface area contributed by atoms with Crippen LogP contribution in [-0.2, 0) is 0 Å². The highest BCUT2D eigenvalue weighted by Gasteiger charge is 2.39. The maximum Gasteiger partial charge on any atom is 0.238 e. The minimum Gasteiger partial charge on any atom is -0.455 e. The number of nitrogens with zero attached hydrogens (tertiary/aromatic N) is 6. The summed E-state index contributed by atoms with van der Waals surface area (Å²) in [6.07, 6.45) is 9.09. The molecule has 6 heterocycles. The fourth-order valence-electron chi connectivity index (χ4n) is 13.6. The van der Waals surface area contributed by atoms with Crippen molar-refractivity contribution in [3.8, 4) is 56.7 Å². The van der Waals surface area contributed by atoms with Crippen LogP contribution in [0, 0.1) is 0 Å². The molecule has 0 amide bonds. The van der Waals surface area contributed by atoms with Gasteiger partial charge in [-0.1, -0.05) is 200 Å². The van der Waals surface area contributed by atoms with Crippen molar-refractivity contribution in [2.75, 3.05) is 4.90 Å². The van der Waals surface area contributed by atoms with Crippen LogP contribution in [0.4, 0.5) is 11.4 Å². The minimum absolute atomic E-state index is 0.0249. The molecule has 0 saturated heterocycles. The molecule has 11 aromatic carbocycles. The zero-order valence-electron chi connectivity index (χ0n) is 44.6. The first-order valence-corrected chi connectivity index (χ1v) is 28.2. The van der Waals surface area contributed by atoms with Gasteiger partial charge < -0.3 is 18.3 Å². The molecule has 5 aromatic heterocycles. The quantitative estimate of drug-likeness (QED) is 0.158. The number of furan rings is 2. The Kier molecular flexibility index (Phi) is 9.76. The van der Waals surface area contributed by atoms with Crippen LogP contribution < -0.4 is 4.90 Å². The summed E-state index contributed by atoms with van der Waals surface area (Å²) in [5, 5.41) is 8.88. The Morgan fingerprint density at radius 3 is 1.49 bits per heavy atom. The van der Waals surface area contributed by atoms with Crippen molar-refractivity contribution in [3.05, 3.63) is 273 Å². The highest BCUT2D eigenvalue weighted by molar-refractivity contribution is 6.20. The Bertz CT molecular complexity index is 5370. The molecule has 0 bridgehead atoms. The van der Waals surface area contributed by atoms with Crippen LogP contribution in [0.3, 0.4) is 0 Å². The predicted octanol–water partition coefficient (Wildman–Crippen LogP) is 19.3. The van der Waals surface area contributed by atoms with Gasteiger partial charge in [-0.15, -0.1) is 0 Å². The number of fused-ring (bicyclic) bond motifs is 15. The molecule has 8 heteroatoms. The van der Waals surface area contributed by atoms with Crippen molar-refractivity contribution in [3.63, 3.8) is 0 Å². The Morgan fingerprint density at radius 2 is 0.831 bits per heavy atom. The third-order valence-electron chi connectivity index (χ3n) is 17.3. The number of allylic oxidation sites excluding steroid dienone is 2. The van der Waals surface area contributed by atoms with Crippen LogP contribution in [0.25, 0.3) is 144 Å². The summed E-state index contributed by atoms with van der Waals surface area (Å²) in [5.41, 5.74) is 18.4. The average molecular weight is 1060 g/mol. The van der Waals surface area contributed by atoms with Gasteiger partial charge in [-0.2, -0.15) is 9.97 Å². The number of anilines is 2. The van der Waals surface area contributed by atoms with Gasteiger partial charge in [0.25, 0.3) is 0 Å². The van der Waals surface area contributed by atoms with Crippen molar-refractivity contribution >= 4 is 98.9 Å². The van der Waals surface area contributed by atoms with Gasteiger partial charge in [-0.25, -0.2) is 4.98 Å². The fraction of sp³-hybridized carbons (Fsp3) is 0.0267. The number of hydrogen-bond acceptors (Lipinski definition) is 6. The summed E-state index contributed by atoms with van der Waals surface area (Å²) in [6, 6.07) is 86.3. The molecule has 388 valence electrons. The van der Waals surface area contributed by atoms with Crippen molar-refractivity contribution < 1.29 is 8.83 Å². The molecule has 0 spiro atoms. The SMILES string of the molecule is C1=CC2c3cc4c(cc3N(c3cccc(-c5cccc6c5oc5ccccc56)c3)C2C=C1)c1cc2c(cc1n4-c1nc(-c3ccccc3)nc(-c3ccccc3)n1)c1ccccc1n2-c1cccc(-c2cccc3c2oc2ccccc23)c1. The summed E-state index contributed by atoms with van der Waals surface area (Å²) in [4.78, 5) is 18.6. The zero-order chi connectivity index (χ0) is 54.3. The normalized spacial score (nSPS) is 14.9. The van der Waals surface area contributed by atoms with Crippen molar-refractivity contribution in [2.45, 2.75) is 12.0 Å². The fourth-order valence-corrected chi connectivity index (χ4v) is 13.6. The number of benzene rings is 11. The minimum atomic E-state index is 0.0249. The lowest BCUT2D eigenvalue weighted by Crippen LogP contribution is -2.28. The molecule has 1 aliphatic heterocycles. The van der Waals surface area contributed by atoms with Crippen molar-refractivity contribution in [1.29, 1.82) is 0 Å². The maximum absolute atomic E-state index is 6.62. The van der Waals surface area contributed by atoms with Crippen molar-refractivity contribution in [2.24, 2.45) is 0 Å². The van der Waals surface area contributed by atoms with E-state index in [4.69, 9.17) is 23.8 Å². The number of aromatic nitrogens is 5. The Morgan fingerprint density at radius 1 is 0.337 bits per heavy atom. The molecule has 0 saturated carbocycles. The first-order chi connectivity index (χ1) is 41.1. The maximum atomic E-state index is 6.62. The molecule has 0 radical (unpaired) electrons. The van der Waals surface area contributed by atoms with Gasteiger partial charge in [0.15, 0.2) is 11.6 Å². The van der Waals surface area contributed by atoms with Crippen molar-refractivity contribution in [1.82, 2.24) is 24.1 Å². The monoisotopic (exact) mass is 1060 g/mol. The van der Waals surface area contributed by atoms with E-state index in [-0.39, 0.29) is 12.0 Å². The summed E-state index contributed by atoms with van der Waals surface area (Å²) < 4.78 is 18.0. The lowest BCUT2D eigenvalue weighted by atomic mass is 9.91. The van der Waals surface area contributed by atoms with E-state index in [0.717, 1.165) is 138 Å². The molecule has 2 unspecified atom stereocenters. The molecule has 8 nitrogen and oxygen atoms in total. The molecule has 83 heavy (non-hydrogen) atoms. The van der Waals surface area contributed by atoms with Gasteiger partial charge in [0.2, 0.25) is 5.95 Å². The van der Waals surface area contributed by atoms with Gasteiger partial charge in [0, 0.05) is 88.3 Å². The zero-order valence-corrected chi connectivity index (χ0v) is 44.6. The summed E-state index contributed by atoms with van der Waals surface area (Å²) in [6.45, 7) is 0. The standard InChI is InChI=1S/C75H46N6O2/c1-3-19-45(20-4-1)73-76-74(46-21-5-2-6-22-46)78-75(77-73)81-67-41-59-53-27-7-11-35-63(53)79(49-25-15-23-47(39-49)51-31-17-33-57-55-29-9-13-37-69(55)82-71(51)57)65(59)43-61(67)62-44-66-60(42-68(62)81)54-28-8-12-36-64(54)80(66)50-26-16-24-48(40-50)52-32-18-34-58-56-30-10-14-38-70(56)83-72(52)58/h1-44,53,63H. The highest BCUT2D eigenvalue weighted by atomic mass is 16.3. The van der Waals surface area contributed by atoms with E-state index in [1.807, 2.05) is 54.6 Å². The molecular weight excluding hydrogens is 1020 g/mol. The van der Waals surface area contributed by atoms with Crippen LogP contribution in [0.15, 0.2) is 276 Å². The van der Waals surface area contributed by atoms with E-state index < -0.39 is 0 Å². The Hall–Kier alpha value is -11.1. The summed E-state index contributed by atoms with van der Waals surface area (Å²) in [7, 11) is 0. The van der Waals surface area contributed by atoms with E-state index in [2.05, 4.69) is 226 Å². The van der Waals surface area contributed by atoms with Crippen LogP contribution >= 0.6 is 0 Å². The third kappa shape index (κ3) is 6.90. The van der Waals surface area contributed by atoms with Crippen LogP contribution in [0.5, 0.6) is 0 Å². The second-order valence-corrected chi connectivity index (χ2v) is 21.8. The first kappa shape index (κ1) is 45.7. The smallest absolute Gasteiger partial charge is 0.238 e. The van der Waals surface area contributed by atoms with E-state index in [9.17, 15) is 0 Å².